The summed E-state index contributed by atoms with van der Waals surface area (Å²) in [6, 6.07) is 0. The van der Waals surface area contributed by atoms with E-state index in [9.17, 15) is 9.90 Å². The monoisotopic (exact) mass is 248 g/mol. The highest BCUT2D eigenvalue weighted by atomic mass is 16.4. The molecule has 6 heteroatoms. The molecule has 1 heterocycles. The fraction of sp³-hybridized carbons (Fsp3) is 0.667. The van der Waals surface area contributed by atoms with E-state index in [4.69, 9.17) is 5.73 Å². The molecule has 0 radical (unpaired) electrons. The number of hydrogen-bond donors (Lipinski definition) is 2. The normalized spacial score (nSPS) is 35.5. The molecule has 6 nitrogen and oxygen atoms in total. The molecule has 1 saturated carbocycles. The van der Waals surface area contributed by atoms with Crippen molar-refractivity contribution in [2.24, 2.45) is 5.41 Å². The van der Waals surface area contributed by atoms with Crippen molar-refractivity contribution in [1.29, 1.82) is 0 Å². The number of fused-ring (bicyclic) bond motifs is 5. The van der Waals surface area contributed by atoms with Crippen LogP contribution >= 0.6 is 0 Å². The van der Waals surface area contributed by atoms with Gasteiger partial charge in [0.2, 0.25) is 5.95 Å². The van der Waals surface area contributed by atoms with Gasteiger partial charge in [-0.1, -0.05) is 20.8 Å². The Balaban J connectivity index is 2.40. The first kappa shape index (κ1) is 11.4. The number of carboxylic acid groups (broad SMARTS) is 1. The molecule has 0 amide bonds. The van der Waals surface area contributed by atoms with Crippen molar-refractivity contribution in [2.75, 3.05) is 5.73 Å². The van der Waals surface area contributed by atoms with Crippen LogP contribution in [0, 0.1) is 5.41 Å². The average Bonchev–Trinajstić information content (AvgIpc) is 2.57. The molecule has 2 aliphatic rings. The van der Waals surface area contributed by atoms with Crippen LogP contribution in [0.3, 0.4) is 0 Å². The van der Waals surface area contributed by atoms with E-state index in [1.54, 1.807) is 0 Å². The number of nitrogens with two attached hydrogens (primary N) is 1. The molecule has 3 rings (SSSR count). The number of carbonyl (C=O) groups is 1. The molecule has 0 saturated heterocycles. The molecule has 3 N–H and O–H groups in total. The minimum Gasteiger partial charge on any atom is -0.481 e. The quantitative estimate of drug-likeness (QED) is 0.764. The van der Waals surface area contributed by atoms with Crippen molar-refractivity contribution in [1.82, 2.24) is 15.2 Å². The number of aromatic nitrogens is 3. The van der Waals surface area contributed by atoms with Gasteiger partial charge in [-0.15, -0.1) is 10.2 Å². The molecule has 1 fully saturated rings. The SMILES string of the molecule is CC1(C)[C@]2(C)CC[C@@]1(C(=O)O)c1nnc(N)nc12. The van der Waals surface area contributed by atoms with Crippen LogP contribution in [-0.2, 0) is 15.6 Å². The maximum absolute atomic E-state index is 11.9. The van der Waals surface area contributed by atoms with Crippen LogP contribution in [0.15, 0.2) is 0 Å². The Labute approximate surface area is 105 Å². The molecule has 2 atom stereocenters. The summed E-state index contributed by atoms with van der Waals surface area (Å²) in [7, 11) is 0. The highest BCUT2D eigenvalue weighted by Gasteiger charge is 2.73. The fourth-order valence-electron chi connectivity index (χ4n) is 3.85. The van der Waals surface area contributed by atoms with E-state index >= 15 is 0 Å². The second-order valence-corrected chi connectivity index (χ2v) is 6.03. The summed E-state index contributed by atoms with van der Waals surface area (Å²) in [6.45, 7) is 6.01. The second kappa shape index (κ2) is 2.81. The van der Waals surface area contributed by atoms with Crippen LogP contribution in [0.25, 0.3) is 0 Å². The number of aliphatic carboxylic acids is 1. The lowest BCUT2D eigenvalue weighted by Gasteiger charge is -2.37. The Morgan fingerprint density at radius 3 is 2.50 bits per heavy atom. The van der Waals surface area contributed by atoms with Crippen LogP contribution in [-0.4, -0.2) is 26.3 Å². The molecule has 0 aliphatic heterocycles. The highest BCUT2D eigenvalue weighted by Crippen LogP contribution is 2.69. The van der Waals surface area contributed by atoms with Gasteiger partial charge in [-0.25, -0.2) is 4.98 Å². The van der Waals surface area contributed by atoms with Crippen molar-refractivity contribution < 1.29 is 9.90 Å². The topological polar surface area (TPSA) is 102 Å². The van der Waals surface area contributed by atoms with Crippen LogP contribution in [0.2, 0.25) is 0 Å². The number of hydrogen-bond acceptors (Lipinski definition) is 5. The van der Waals surface area contributed by atoms with Crippen LogP contribution in [0.4, 0.5) is 5.95 Å². The van der Waals surface area contributed by atoms with Crippen molar-refractivity contribution >= 4 is 11.9 Å². The molecule has 0 spiro atoms. The Morgan fingerprint density at radius 1 is 1.22 bits per heavy atom. The van der Waals surface area contributed by atoms with Crippen LogP contribution < -0.4 is 5.73 Å². The van der Waals surface area contributed by atoms with Gasteiger partial charge in [0.1, 0.15) is 11.1 Å². The third-order valence-corrected chi connectivity index (χ3v) is 5.44. The summed E-state index contributed by atoms with van der Waals surface area (Å²) in [6.07, 6.45) is 1.37. The summed E-state index contributed by atoms with van der Waals surface area (Å²) in [5, 5.41) is 17.5. The largest absolute Gasteiger partial charge is 0.481 e. The lowest BCUT2D eigenvalue weighted by Crippen LogP contribution is -2.45. The Hall–Kier alpha value is -1.72. The molecule has 0 aromatic carbocycles. The lowest BCUT2D eigenvalue weighted by atomic mass is 9.64. The van der Waals surface area contributed by atoms with E-state index in [0.717, 1.165) is 6.42 Å². The van der Waals surface area contributed by atoms with E-state index < -0.39 is 16.8 Å². The zero-order valence-corrected chi connectivity index (χ0v) is 10.7. The van der Waals surface area contributed by atoms with Crippen molar-refractivity contribution in [3.05, 3.63) is 11.4 Å². The maximum Gasteiger partial charge on any atom is 0.316 e. The molecular formula is C12H16N4O2. The predicted molar refractivity (Wildman–Crippen MR) is 63.9 cm³/mol. The van der Waals surface area contributed by atoms with E-state index in [2.05, 4.69) is 22.1 Å². The van der Waals surface area contributed by atoms with Gasteiger partial charge in [-0.05, 0) is 18.3 Å². The van der Waals surface area contributed by atoms with Gasteiger partial charge in [-0.2, -0.15) is 0 Å². The highest BCUT2D eigenvalue weighted by molar-refractivity contribution is 5.86. The first-order valence-electron chi connectivity index (χ1n) is 6.02. The third kappa shape index (κ3) is 0.855. The lowest BCUT2D eigenvalue weighted by molar-refractivity contribution is -0.148. The minimum atomic E-state index is -0.981. The standard InChI is InChI=1S/C12H16N4O2/c1-10(2)11(3)4-5-12(10,8(17)18)7-6(11)14-9(13)16-15-7/h4-5H2,1-3H3,(H,17,18)(H2,13,14,16)/t11-,12+/m1/s1. The zero-order chi connectivity index (χ0) is 13.3. The number of nitrogens with zero attached hydrogens (tertiary/aromatic N) is 3. The van der Waals surface area contributed by atoms with E-state index in [1.165, 1.54) is 0 Å². The van der Waals surface area contributed by atoms with Gasteiger partial charge in [0.25, 0.3) is 0 Å². The first-order valence-corrected chi connectivity index (χ1v) is 6.02. The average molecular weight is 248 g/mol. The molecule has 1 aromatic rings. The van der Waals surface area contributed by atoms with E-state index in [0.29, 0.717) is 17.8 Å². The molecule has 0 unspecified atom stereocenters. The number of anilines is 1. The molecule has 96 valence electrons. The number of carboxylic acids is 1. The van der Waals surface area contributed by atoms with Crippen molar-refractivity contribution in [3.63, 3.8) is 0 Å². The molecule has 18 heavy (non-hydrogen) atoms. The van der Waals surface area contributed by atoms with Crippen LogP contribution in [0.5, 0.6) is 0 Å². The van der Waals surface area contributed by atoms with Crippen molar-refractivity contribution in [3.8, 4) is 0 Å². The molecule has 1 aromatic heterocycles. The van der Waals surface area contributed by atoms with E-state index in [1.807, 2.05) is 13.8 Å². The Morgan fingerprint density at radius 2 is 1.89 bits per heavy atom. The van der Waals surface area contributed by atoms with Gasteiger partial charge in [-0.3, -0.25) is 4.79 Å². The molecule has 2 bridgehead atoms. The summed E-state index contributed by atoms with van der Waals surface area (Å²) in [5.74, 6) is -0.727. The zero-order valence-electron chi connectivity index (χ0n) is 10.7. The number of rotatable bonds is 1. The minimum absolute atomic E-state index is 0.110. The van der Waals surface area contributed by atoms with Gasteiger partial charge in [0.05, 0.1) is 5.69 Å². The predicted octanol–water partition coefficient (Wildman–Crippen LogP) is 0.867. The summed E-state index contributed by atoms with van der Waals surface area (Å²) >= 11 is 0. The van der Waals surface area contributed by atoms with Gasteiger partial charge in [0.15, 0.2) is 0 Å². The number of nitrogen functional groups attached to an aromatic ring is 1. The van der Waals surface area contributed by atoms with Crippen LogP contribution in [0.1, 0.15) is 45.0 Å². The summed E-state index contributed by atoms with van der Waals surface area (Å²) < 4.78 is 0. The summed E-state index contributed by atoms with van der Waals surface area (Å²) in [4.78, 5) is 16.1. The third-order valence-electron chi connectivity index (χ3n) is 5.44. The van der Waals surface area contributed by atoms with Gasteiger partial charge in [0, 0.05) is 5.41 Å². The fourth-order valence-corrected chi connectivity index (χ4v) is 3.85. The first-order chi connectivity index (χ1) is 8.27. The van der Waals surface area contributed by atoms with Gasteiger partial charge >= 0.3 is 5.97 Å². The van der Waals surface area contributed by atoms with Gasteiger partial charge < -0.3 is 10.8 Å². The molecular weight excluding hydrogens is 232 g/mol. The van der Waals surface area contributed by atoms with Crippen molar-refractivity contribution in [2.45, 2.75) is 44.4 Å². The Bertz CT molecular complexity index is 571. The molecule has 2 aliphatic carbocycles. The van der Waals surface area contributed by atoms with E-state index in [-0.39, 0.29) is 11.4 Å². The second-order valence-electron chi connectivity index (χ2n) is 6.03. The Kier molecular flexibility index (Phi) is 1.78. The summed E-state index contributed by atoms with van der Waals surface area (Å²) in [5.41, 5.74) is 5.09. The maximum atomic E-state index is 11.9. The smallest absolute Gasteiger partial charge is 0.316 e.